The molecule has 0 aliphatic rings. The lowest BCUT2D eigenvalue weighted by Gasteiger charge is -2.22. The second-order valence-electron chi connectivity index (χ2n) is 4.11. The molecule has 1 rings (SSSR count). The fraction of sp³-hybridized carbons (Fsp3) is 0.727. The third kappa shape index (κ3) is 3.46. The van der Waals surface area contributed by atoms with Gasteiger partial charge < -0.3 is 5.73 Å². The van der Waals surface area contributed by atoms with E-state index in [0.29, 0.717) is 6.42 Å². The summed E-state index contributed by atoms with van der Waals surface area (Å²) in [6.45, 7) is 3.89. The van der Waals surface area contributed by atoms with Crippen molar-refractivity contribution in [3.63, 3.8) is 0 Å². The molecule has 1 aromatic heterocycles. The molecular formula is C11H18F3N3. The average Bonchev–Trinajstić information content (AvgIpc) is 2.68. The average molecular weight is 249 g/mol. The van der Waals surface area contributed by atoms with Gasteiger partial charge in [-0.2, -0.15) is 18.3 Å². The maximum absolute atomic E-state index is 12.4. The van der Waals surface area contributed by atoms with E-state index in [2.05, 4.69) is 5.10 Å². The zero-order valence-corrected chi connectivity index (χ0v) is 10.0. The second kappa shape index (κ2) is 5.53. The van der Waals surface area contributed by atoms with Crippen LogP contribution in [0.2, 0.25) is 0 Å². The van der Waals surface area contributed by atoms with Gasteiger partial charge >= 0.3 is 6.18 Å². The summed E-state index contributed by atoms with van der Waals surface area (Å²) in [5.41, 5.74) is 5.09. The van der Waals surface area contributed by atoms with Gasteiger partial charge in [0.05, 0.1) is 6.04 Å². The molecule has 6 heteroatoms. The zero-order valence-electron chi connectivity index (χ0n) is 10.0. The van der Waals surface area contributed by atoms with E-state index in [1.54, 1.807) is 0 Å². The molecule has 2 atom stereocenters. The Labute approximate surface area is 98.8 Å². The van der Waals surface area contributed by atoms with Gasteiger partial charge in [-0.15, -0.1) is 0 Å². The quantitative estimate of drug-likeness (QED) is 0.871. The van der Waals surface area contributed by atoms with E-state index >= 15 is 0 Å². The molecule has 0 amide bonds. The van der Waals surface area contributed by atoms with Crippen LogP contribution in [0.5, 0.6) is 0 Å². The van der Waals surface area contributed by atoms with Gasteiger partial charge in [-0.1, -0.05) is 20.3 Å². The van der Waals surface area contributed by atoms with Crippen LogP contribution in [0.1, 0.15) is 44.8 Å². The zero-order chi connectivity index (χ0) is 13.1. The minimum atomic E-state index is -4.39. The molecule has 98 valence electrons. The summed E-state index contributed by atoms with van der Waals surface area (Å²) >= 11 is 0. The van der Waals surface area contributed by atoms with Crippen molar-refractivity contribution in [3.05, 3.63) is 18.0 Å². The minimum Gasteiger partial charge on any atom is -0.326 e. The van der Waals surface area contributed by atoms with Crippen molar-refractivity contribution in [2.75, 3.05) is 0 Å². The van der Waals surface area contributed by atoms with Gasteiger partial charge in [0, 0.05) is 12.2 Å². The lowest BCUT2D eigenvalue weighted by Crippen LogP contribution is -2.32. The first-order valence-corrected chi connectivity index (χ1v) is 5.78. The topological polar surface area (TPSA) is 43.8 Å². The van der Waals surface area contributed by atoms with E-state index < -0.39 is 11.9 Å². The monoisotopic (exact) mass is 249 g/mol. The van der Waals surface area contributed by atoms with Crippen LogP contribution >= 0.6 is 0 Å². The van der Waals surface area contributed by atoms with Gasteiger partial charge in [0.25, 0.3) is 0 Å². The first kappa shape index (κ1) is 14.0. The summed E-state index contributed by atoms with van der Waals surface area (Å²) in [4.78, 5) is 0. The van der Waals surface area contributed by atoms with Gasteiger partial charge in [-0.3, -0.25) is 4.68 Å². The molecule has 3 nitrogen and oxygen atoms in total. The molecule has 1 aromatic rings. The molecule has 0 aliphatic carbocycles. The van der Waals surface area contributed by atoms with Crippen LogP contribution in [0.25, 0.3) is 0 Å². The van der Waals surface area contributed by atoms with Crippen molar-refractivity contribution in [1.82, 2.24) is 9.78 Å². The summed E-state index contributed by atoms with van der Waals surface area (Å²) in [6, 6.07) is 0.651. The standard InChI is InChI=1S/C11H18F3N3/c1-3-5-8(15)9(4-2)17-7-6-10(16-17)11(12,13)14/h6-9H,3-5,15H2,1-2H3. The van der Waals surface area contributed by atoms with Crippen molar-refractivity contribution in [3.8, 4) is 0 Å². The molecule has 17 heavy (non-hydrogen) atoms. The highest BCUT2D eigenvalue weighted by Gasteiger charge is 2.34. The van der Waals surface area contributed by atoms with Crippen LogP contribution in [0, 0.1) is 0 Å². The molecule has 0 bridgehead atoms. The third-order valence-electron chi connectivity index (χ3n) is 2.77. The Kier molecular flexibility index (Phi) is 4.56. The number of nitrogens with zero attached hydrogens (tertiary/aromatic N) is 2. The molecule has 0 radical (unpaired) electrons. The van der Waals surface area contributed by atoms with Gasteiger partial charge in [0.2, 0.25) is 0 Å². The lowest BCUT2D eigenvalue weighted by atomic mass is 10.0. The van der Waals surface area contributed by atoms with Crippen LogP contribution in [0.3, 0.4) is 0 Å². The molecule has 2 unspecified atom stereocenters. The number of hydrogen-bond donors (Lipinski definition) is 1. The molecule has 0 aliphatic heterocycles. The van der Waals surface area contributed by atoms with Crippen molar-refractivity contribution in [1.29, 1.82) is 0 Å². The molecule has 0 saturated heterocycles. The maximum atomic E-state index is 12.4. The number of aromatic nitrogens is 2. The molecule has 1 heterocycles. The van der Waals surface area contributed by atoms with Gasteiger partial charge in [0.15, 0.2) is 5.69 Å². The summed E-state index contributed by atoms with van der Waals surface area (Å²) in [7, 11) is 0. The molecule has 0 spiro atoms. The van der Waals surface area contributed by atoms with E-state index in [4.69, 9.17) is 5.73 Å². The highest BCUT2D eigenvalue weighted by atomic mass is 19.4. The highest BCUT2D eigenvalue weighted by Crippen LogP contribution is 2.28. The van der Waals surface area contributed by atoms with E-state index in [9.17, 15) is 13.2 Å². The van der Waals surface area contributed by atoms with E-state index in [0.717, 1.165) is 18.9 Å². The first-order chi connectivity index (χ1) is 7.90. The summed E-state index contributed by atoms with van der Waals surface area (Å²) in [5, 5.41) is 3.57. The molecule has 2 N–H and O–H groups in total. The number of halogens is 3. The first-order valence-electron chi connectivity index (χ1n) is 5.78. The van der Waals surface area contributed by atoms with Crippen molar-refractivity contribution in [2.45, 2.75) is 51.4 Å². The highest BCUT2D eigenvalue weighted by molar-refractivity contribution is 5.04. The second-order valence-corrected chi connectivity index (χ2v) is 4.11. The smallest absolute Gasteiger partial charge is 0.326 e. The normalized spacial score (nSPS) is 15.9. The molecule has 0 fully saturated rings. The summed E-state index contributed by atoms with van der Waals surface area (Å²) in [6.07, 6.45) is -0.685. The number of rotatable bonds is 5. The van der Waals surface area contributed by atoms with Gasteiger partial charge in [-0.05, 0) is 18.9 Å². The van der Waals surface area contributed by atoms with Crippen molar-refractivity contribution in [2.24, 2.45) is 5.73 Å². The largest absolute Gasteiger partial charge is 0.435 e. The van der Waals surface area contributed by atoms with E-state index in [1.165, 1.54) is 10.9 Å². The van der Waals surface area contributed by atoms with Gasteiger partial charge in [0.1, 0.15) is 0 Å². The van der Waals surface area contributed by atoms with Crippen LogP contribution in [-0.4, -0.2) is 15.8 Å². The van der Waals surface area contributed by atoms with Crippen LogP contribution in [-0.2, 0) is 6.18 Å². The summed E-state index contributed by atoms with van der Waals surface area (Å²) < 4.78 is 38.6. The Morgan fingerprint density at radius 3 is 2.47 bits per heavy atom. The Morgan fingerprint density at radius 2 is 2.06 bits per heavy atom. The number of alkyl halides is 3. The maximum Gasteiger partial charge on any atom is 0.435 e. The van der Waals surface area contributed by atoms with Crippen LogP contribution in [0.4, 0.5) is 13.2 Å². The van der Waals surface area contributed by atoms with E-state index in [1.807, 2.05) is 13.8 Å². The van der Waals surface area contributed by atoms with Crippen LogP contribution < -0.4 is 5.73 Å². The Balaban J connectivity index is 2.86. The Bertz CT molecular complexity index is 346. The molecule has 0 aromatic carbocycles. The molecular weight excluding hydrogens is 231 g/mol. The third-order valence-corrected chi connectivity index (χ3v) is 2.77. The predicted octanol–water partition coefficient (Wildman–Crippen LogP) is 2.98. The number of nitrogens with two attached hydrogens (primary N) is 1. The number of hydrogen-bond acceptors (Lipinski definition) is 2. The van der Waals surface area contributed by atoms with Crippen LogP contribution in [0.15, 0.2) is 12.3 Å². The minimum absolute atomic E-state index is 0.161. The SMILES string of the molecule is CCCC(N)C(CC)n1ccc(C(F)(F)F)n1. The Morgan fingerprint density at radius 1 is 1.41 bits per heavy atom. The lowest BCUT2D eigenvalue weighted by molar-refractivity contribution is -0.141. The van der Waals surface area contributed by atoms with Gasteiger partial charge in [-0.25, -0.2) is 0 Å². The van der Waals surface area contributed by atoms with E-state index in [-0.39, 0.29) is 12.1 Å². The molecule has 0 saturated carbocycles. The fourth-order valence-corrected chi connectivity index (χ4v) is 1.89. The van der Waals surface area contributed by atoms with Crippen molar-refractivity contribution < 1.29 is 13.2 Å². The Hall–Kier alpha value is -1.04. The predicted molar refractivity (Wildman–Crippen MR) is 59.4 cm³/mol. The van der Waals surface area contributed by atoms with Crippen molar-refractivity contribution >= 4 is 0 Å². The fourth-order valence-electron chi connectivity index (χ4n) is 1.89. The summed E-state index contributed by atoms with van der Waals surface area (Å²) in [5.74, 6) is 0.